The molecule has 1 aliphatic carbocycles. The summed E-state index contributed by atoms with van der Waals surface area (Å²) in [5.74, 6) is 1.42. The van der Waals surface area contributed by atoms with E-state index >= 15 is 0 Å². The first-order valence-electron chi connectivity index (χ1n) is 5.81. The number of rotatable bonds is 4. The maximum atomic E-state index is 10.0. The Hall–Kier alpha value is -1.74. The second-order valence-corrected chi connectivity index (χ2v) is 4.30. The first-order valence-corrected chi connectivity index (χ1v) is 5.81. The summed E-state index contributed by atoms with van der Waals surface area (Å²) in [5, 5.41) is 10.0. The minimum Gasteiger partial charge on any atom is -0.490 e. The van der Waals surface area contributed by atoms with Crippen molar-refractivity contribution in [3.8, 4) is 5.75 Å². The summed E-state index contributed by atoms with van der Waals surface area (Å²) in [5.41, 5.74) is 0.808. The summed E-state index contributed by atoms with van der Waals surface area (Å²) >= 11 is 0. The van der Waals surface area contributed by atoms with Crippen molar-refractivity contribution in [3.05, 3.63) is 54.0 Å². The fraction of sp³-hybridized carbons (Fsp3) is 0.286. The Morgan fingerprint density at radius 3 is 2.53 bits per heavy atom. The van der Waals surface area contributed by atoms with Crippen LogP contribution in [0.2, 0.25) is 0 Å². The molecule has 17 heavy (non-hydrogen) atoms. The van der Waals surface area contributed by atoms with Crippen LogP contribution in [0.3, 0.4) is 0 Å². The lowest BCUT2D eigenvalue weighted by atomic mass is 10.1. The summed E-state index contributed by atoms with van der Waals surface area (Å²) in [6, 6.07) is 11.0. The molecule has 0 amide bonds. The highest BCUT2D eigenvalue weighted by Gasteiger charge is 2.23. The van der Waals surface area contributed by atoms with Crippen LogP contribution in [0.25, 0.3) is 0 Å². The molecule has 0 saturated heterocycles. The van der Waals surface area contributed by atoms with Crippen LogP contribution in [0.4, 0.5) is 0 Å². The van der Waals surface area contributed by atoms with Crippen LogP contribution in [0, 0.1) is 0 Å². The maximum Gasteiger partial charge on any atom is 0.137 e. The van der Waals surface area contributed by atoms with E-state index in [1.165, 1.54) is 0 Å². The lowest BCUT2D eigenvalue weighted by Gasteiger charge is -2.09. The van der Waals surface area contributed by atoms with Crippen molar-refractivity contribution in [2.24, 2.45) is 0 Å². The molecule has 3 nitrogen and oxygen atoms in total. The number of ether oxygens (including phenoxy) is 1. The number of benzene rings is 1. The van der Waals surface area contributed by atoms with Crippen LogP contribution in [0.5, 0.6) is 5.75 Å². The van der Waals surface area contributed by atoms with Crippen molar-refractivity contribution in [1.29, 1.82) is 0 Å². The molecule has 1 heterocycles. The van der Waals surface area contributed by atoms with E-state index in [0.29, 0.717) is 11.9 Å². The van der Waals surface area contributed by atoms with Crippen molar-refractivity contribution in [2.75, 3.05) is 0 Å². The van der Waals surface area contributed by atoms with Crippen LogP contribution in [0.15, 0.2) is 47.1 Å². The average molecular weight is 230 g/mol. The Morgan fingerprint density at radius 2 is 1.94 bits per heavy atom. The van der Waals surface area contributed by atoms with E-state index < -0.39 is 6.10 Å². The number of aliphatic hydroxyl groups is 1. The van der Waals surface area contributed by atoms with E-state index in [0.717, 1.165) is 24.2 Å². The molecule has 1 aromatic heterocycles. The van der Waals surface area contributed by atoms with Gasteiger partial charge < -0.3 is 14.3 Å². The Bertz CT molecular complexity index is 469. The molecule has 3 heteroatoms. The molecule has 2 aromatic rings. The summed E-state index contributed by atoms with van der Waals surface area (Å²) in [6.07, 6.45) is 3.55. The summed E-state index contributed by atoms with van der Waals surface area (Å²) in [6.45, 7) is 0. The number of hydrogen-bond acceptors (Lipinski definition) is 3. The third-order valence-corrected chi connectivity index (χ3v) is 2.84. The van der Waals surface area contributed by atoms with Gasteiger partial charge in [0.25, 0.3) is 0 Å². The van der Waals surface area contributed by atoms with Gasteiger partial charge in [-0.2, -0.15) is 0 Å². The van der Waals surface area contributed by atoms with E-state index in [1.54, 1.807) is 18.4 Å². The van der Waals surface area contributed by atoms with Crippen molar-refractivity contribution >= 4 is 0 Å². The van der Waals surface area contributed by atoms with Gasteiger partial charge in [-0.25, -0.2) is 0 Å². The lowest BCUT2D eigenvalue weighted by molar-refractivity contribution is 0.189. The Kier molecular flexibility index (Phi) is 2.61. The zero-order chi connectivity index (χ0) is 11.7. The summed E-state index contributed by atoms with van der Waals surface area (Å²) in [7, 11) is 0. The van der Waals surface area contributed by atoms with E-state index in [2.05, 4.69) is 0 Å². The second kappa shape index (κ2) is 4.26. The van der Waals surface area contributed by atoms with E-state index in [-0.39, 0.29) is 0 Å². The molecule has 1 aliphatic rings. The number of aliphatic hydroxyl groups excluding tert-OH is 1. The SMILES string of the molecule is OC(c1ccc(OC2CC2)cc1)c1ccco1. The van der Waals surface area contributed by atoms with Gasteiger partial charge in [-0.3, -0.25) is 0 Å². The molecule has 0 radical (unpaired) electrons. The third-order valence-electron chi connectivity index (χ3n) is 2.84. The summed E-state index contributed by atoms with van der Waals surface area (Å²) < 4.78 is 10.8. The average Bonchev–Trinajstić information content (AvgIpc) is 3.00. The fourth-order valence-electron chi connectivity index (χ4n) is 1.72. The van der Waals surface area contributed by atoms with Gasteiger partial charge in [0.15, 0.2) is 0 Å². The predicted molar refractivity (Wildman–Crippen MR) is 62.9 cm³/mol. The molecule has 0 aliphatic heterocycles. The Morgan fingerprint density at radius 1 is 1.18 bits per heavy atom. The van der Waals surface area contributed by atoms with Gasteiger partial charge in [-0.1, -0.05) is 12.1 Å². The minimum atomic E-state index is -0.708. The zero-order valence-corrected chi connectivity index (χ0v) is 9.37. The van der Waals surface area contributed by atoms with E-state index in [9.17, 15) is 5.11 Å². The summed E-state index contributed by atoms with van der Waals surface area (Å²) in [4.78, 5) is 0. The van der Waals surface area contributed by atoms with Gasteiger partial charge in [-0.15, -0.1) is 0 Å². The molecule has 1 fully saturated rings. The highest BCUT2D eigenvalue weighted by atomic mass is 16.5. The third kappa shape index (κ3) is 2.34. The van der Waals surface area contributed by atoms with Crippen LogP contribution in [-0.2, 0) is 0 Å². The topological polar surface area (TPSA) is 42.6 Å². The normalized spacial score (nSPS) is 16.8. The Balaban J connectivity index is 1.74. The molecule has 88 valence electrons. The van der Waals surface area contributed by atoms with Crippen LogP contribution < -0.4 is 4.74 Å². The van der Waals surface area contributed by atoms with Crippen LogP contribution in [0.1, 0.15) is 30.3 Å². The van der Waals surface area contributed by atoms with Gasteiger partial charge >= 0.3 is 0 Å². The molecule has 1 unspecified atom stereocenters. The molecule has 1 N–H and O–H groups in total. The van der Waals surface area contributed by atoms with E-state index in [4.69, 9.17) is 9.15 Å². The predicted octanol–water partition coefficient (Wildman–Crippen LogP) is 2.90. The minimum absolute atomic E-state index is 0.399. The monoisotopic (exact) mass is 230 g/mol. The van der Waals surface area contributed by atoms with Gasteiger partial charge in [-0.05, 0) is 42.7 Å². The lowest BCUT2D eigenvalue weighted by Crippen LogP contribution is -1.99. The molecular formula is C14H14O3. The van der Waals surface area contributed by atoms with Crippen molar-refractivity contribution in [1.82, 2.24) is 0 Å². The number of hydrogen-bond donors (Lipinski definition) is 1. The number of furan rings is 1. The van der Waals surface area contributed by atoms with Crippen LogP contribution >= 0.6 is 0 Å². The molecule has 0 spiro atoms. The van der Waals surface area contributed by atoms with Gasteiger partial charge in [0.1, 0.15) is 17.6 Å². The quantitative estimate of drug-likeness (QED) is 0.878. The second-order valence-electron chi connectivity index (χ2n) is 4.30. The van der Waals surface area contributed by atoms with Gasteiger partial charge in [0.05, 0.1) is 12.4 Å². The van der Waals surface area contributed by atoms with Crippen molar-refractivity contribution in [2.45, 2.75) is 25.0 Å². The first-order chi connectivity index (χ1) is 8.33. The van der Waals surface area contributed by atoms with Gasteiger partial charge in [0.2, 0.25) is 0 Å². The molecule has 1 atom stereocenters. The standard InChI is InChI=1S/C14H14O3/c15-14(13-2-1-9-16-13)10-3-5-11(6-4-10)17-12-7-8-12/h1-6,9,12,14-15H,7-8H2. The first kappa shape index (κ1) is 10.4. The molecule has 1 saturated carbocycles. The van der Waals surface area contributed by atoms with Crippen molar-refractivity contribution in [3.63, 3.8) is 0 Å². The van der Waals surface area contributed by atoms with Gasteiger partial charge in [0, 0.05) is 0 Å². The fourth-order valence-corrected chi connectivity index (χ4v) is 1.72. The molecule has 1 aromatic carbocycles. The molecular weight excluding hydrogens is 216 g/mol. The zero-order valence-electron chi connectivity index (χ0n) is 9.37. The molecule has 0 bridgehead atoms. The largest absolute Gasteiger partial charge is 0.490 e. The van der Waals surface area contributed by atoms with Crippen molar-refractivity contribution < 1.29 is 14.3 Å². The maximum absolute atomic E-state index is 10.0. The molecule has 3 rings (SSSR count). The Labute approximate surface area is 99.6 Å². The van der Waals surface area contributed by atoms with Crippen LogP contribution in [-0.4, -0.2) is 11.2 Å². The smallest absolute Gasteiger partial charge is 0.137 e. The highest BCUT2D eigenvalue weighted by Crippen LogP contribution is 2.28. The highest BCUT2D eigenvalue weighted by molar-refractivity contribution is 5.31. The van der Waals surface area contributed by atoms with E-state index in [1.807, 2.05) is 24.3 Å².